The van der Waals surface area contributed by atoms with Gasteiger partial charge in [-0.05, 0) is 32.1 Å². The number of aromatic nitrogens is 2. The first kappa shape index (κ1) is 44.2. The number of aryl methyl sites for hydroxylation is 2. The third kappa shape index (κ3) is 28.7. The summed E-state index contributed by atoms with van der Waals surface area (Å²) in [5.41, 5.74) is 0. The molecule has 0 N–H and O–H groups in total. The predicted octanol–water partition coefficient (Wildman–Crippen LogP) is 15.4. The molecule has 0 bridgehead atoms. The van der Waals surface area contributed by atoms with Gasteiger partial charge in [-0.1, -0.05) is 220 Å². The minimum absolute atomic E-state index is 1.23. The number of rotatable bonds is 39. The zero-order valence-corrected chi connectivity index (χ0v) is 33.1. The van der Waals surface area contributed by atoms with E-state index in [-0.39, 0.29) is 0 Å². The van der Waals surface area contributed by atoms with E-state index in [4.69, 9.17) is 0 Å². The maximum Gasteiger partial charge on any atom is 0.256 e. The topological polar surface area (TPSA) is 8.81 Å². The summed E-state index contributed by atoms with van der Waals surface area (Å²) in [5, 5.41) is 0. The number of hydrogen-bond donors (Lipinski definition) is 0. The lowest BCUT2D eigenvalue weighted by Crippen LogP contribution is -2.37. The summed E-state index contributed by atoms with van der Waals surface area (Å²) in [6, 6.07) is 0. The lowest BCUT2D eigenvalue weighted by Gasteiger charge is -2.07. The molecule has 278 valence electrons. The van der Waals surface area contributed by atoms with Crippen LogP contribution >= 0.6 is 0 Å². The van der Waals surface area contributed by atoms with Gasteiger partial charge in [0.05, 0.1) is 13.1 Å². The van der Waals surface area contributed by atoms with Crippen molar-refractivity contribution in [1.82, 2.24) is 4.57 Å². The van der Waals surface area contributed by atoms with Crippen molar-refractivity contribution >= 4 is 0 Å². The van der Waals surface area contributed by atoms with Crippen molar-refractivity contribution < 1.29 is 4.57 Å². The number of hydrogen-bond acceptors (Lipinski definition) is 0. The van der Waals surface area contributed by atoms with E-state index in [0.717, 1.165) is 0 Å². The summed E-state index contributed by atoms with van der Waals surface area (Å²) >= 11 is 0. The van der Waals surface area contributed by atoms with E-state index >= 15 is 0 Å². The molecule has 0 aliphatic carbocycles. The van der Waals surface area contributed by atoms with Gasteiger partial charge in [0.25, 0.3) is 5.82 Å². The molecule has 0 radical (unpaired) electrons. The summed E-state index contributed by atoms with van der Waals surface area (Å²) < 4.78 is 5.29. The molecule has 1 aromatic heterocycles. The van der Waals surface area contributed by atoms with Gasteiger partial charge in [0.15, 0.2) is 0 Å². The highest BCUT2D eigenvalue weighted by molar-refractivity contribution is 4.84. The third-order valence-corrected chi connectivity index (χ3v) is 10.8. The second kappa shape index (κ2) is 36.5. The summed E-state index contributed by atoms with van der Waals surface area (Å²) in [6.07, 6.45) is 57.8. The first-order valence-corrected chi connectivity index (χ1v) is 22.4. The van der Waals surface area contributed by atoms with Crippen LogP contribution in [0.5, 0.6) is 0 Å². The van der Waals surface area contributed by atoms with Crippen molar-refractivity contribution in [1.29, 1.82) is 0 Å². The van der Waals surface area contributed by atoms with Crippen molar-refractivity contribution in [2.45, 2.75) is 271 Å². The molecule has 0 unspecified atom stereocenters. The van der Waals surface area contributed by atoms with Crippen molar-refractivity contribution in [2.24, 2.45) is 0 Å². The van der Waals surface area contributed by atoms with E-state index in [9.17, 15) is 0 Å². The Morgan fingerprint density at radius 1 is 0.362 bits per heavy atom. The van der Waals surface area contributed by atoms with Crippen molar-refractivity contribution in [2.75, 3.05) is 0 Å². The molecule has 0 saturated carbocycles. The smallest absolute Gasteiger partial charge is 0.234 e. The normalized spacial score (nSPS) is 11.6. The van der Waals surface area contributed by atoms with Crippen LogP contribution in [0.2, 0.25) is 0 Å². The first-order valence-electron chi connectivity index (χ1n) is 22.4. The summed E-state index contributed by atoms with van der Waals surface area (Å²) in [7, 11) is 0. The van der Waals surface area contributed by atoms with E-state index in [1.54, 1.807) is 5.82 Å². The van der Waals surface area contributed by atoms with Gasteiger partial charge in [-0.3, -0.25) is 0 Å². The zero-order valence-electron chi connectivity index (χ0n) is 33.1. The van der Waals surface area contributed by atoms with Gasteiger partial charge in [-0.2, -0.15) is 0 Å². The van der Waals surface area contributed by atoms with E-state index in [1.165, 1.54) is 251 Å². The fraction of sp³-hybridized carbons (Fsp3) is 0.933. The first-order chi connectivity index (χ1) is 23.3. The van der Waals surface area contributed by atoms with E-state index in [1.807, 2.05) is 0 Å². The van der Waals surface area contributed by atoms with Crippen LogP contribution in [0.1, 0.15) is 258 Å². The fourth-order valence-corrected chi connectivity index (χ4v) is 7.56. The highest BCUT2D eigenvalue weighted by Gasteiger charge is 2.16. The Labute approximate surface area is 298 Å². The molecule has 1 aromatic rings. The van der Waals surface area contributed by atoms with E-state index < -0.39 is 0 Å². The molecule has 1 heterocycles. The van der Waals surface area contributed by atoms with Gasteiger partial charge in [-0.15, -0.1) is 0 Å². The van der Waals surface area contributed by atoms with Crippen LogP contribution in [0.25, 0.3) is 0 Å². The average molecular weight is 658 g/mol. The molecule has 1 rings (SSSR count). The second-order valence-electron chi connectivity index (χ2n) is 15.5. The Morgan fingerprint density at radius 2 is 0.660 bits per heavy atom. The van der Waals surface area contributed by atoms with E-state index in [0.29, 0.717) is 0 Å². The van der Waals surface area contributed by atoms with Crippen LogP contribution in [-0.4, -0.2) is 4.57 Å². The van der Waals surface area contributed by atoms with Crippen LogP contribution in [-0.2, 0) is 19.5 Å². The Hall–Kier alpha value is -0.790. The SMILES string of the molecule is CCCCCCCCCCCCCCCCn1cc[n+](CCCCCCCCCCC)c1CCCCCCCCCCCCCCC. The third-order valence-electron chi connectivity index (χ3n) is 10.8. The van der Waals surface area contributed by atoms with Crippen LogP contribution < -0.4 is 4.57 Å². The highest BCUT2D eigenvalue weighted by atomic mass is 15.1. The molecule has 0 atom stereocenters. The number of imidazole rings is 1. The van der Waals surface area contributed by atoms with Gasteiger partial charge in [0.1, 0.15) is 12.4 Å². The quantitative estimate of drug-likeness (QED) is 0.0492. The maximum atomic E-state index is 2.65. The van der Waals surface area contributed by atoms with Crippen LogP contribution in [0.4, 0.5) is 0 Å². The van der Waals surface area contributed by atoms with Crippen molar-refractivity contribution in [3.63, 3.8) is 0 Å². The Morgan fingerprint density at radius 3 is 1.02 bits per heavy atom. The monoisotopic (exact) mass is 658 g/mol. The summed E-state index contributed by atoms with van der Waals surface area (Å²) in [5.74, 6) is 1.63. The highest BCUT2D eigenvalue weighted by Crippen LogP contribution is 2.16. The van der Waals surface area contributed by atoms with Gasteiger partial charge < -0.3 is 0 Å². The molecule has 0 aromatic carbocycles. The minimum atomic E-state index is 1.23. The van der Waals surface area contributed by atoms with Crippen LogP contribution in [0, 0.1) is 0 Å². The average Bonchev–Trinajstić information content (AvgIpc) is 3.47. The summed E-state index contributed by atoms with van der Waals surface area (Å²) in [4.78, 5) is 0. The lowest BCUT2D eigenvalue weighted by atomic mass is 10.0. The minimum Gasteiger partial charge on any atom is -0.234 e. The van der Waals surface area contributed by atoms with Gasteiger partial charge in [0, 0.05) is 6.42 Å². The number of nitrogens with zero attached hydrogens (tertiary/aromatic N) is 2. The van der Waals surface area contributed by atoms with Crippen LogP contribution in [0.3, 0.4) is 0 Å². The molecule has 0 amide bonds. The Kier molecular flexibility index (Phi) is 34.3. The summed E-state index contributed by atoms with van der Waals surface area (Å²) in [6.45, 7) is 9.41. The van der Waals surface area contributed by atoms with Crippen LogP contribution in [0.15, 0.2) is 12.4 Å². The second-order valence-corrected chi connectivity index (χ2v) is 15.5. The standard InChI is InChI=1S/C45H89N2/c1-4-7-10-13-16-19-21-23-25-27-30-33-36-39-42-47-44-43-46(41-38-35-32-29-18-15-12-9-6-3)45(47)40-37-34-31-28-26-24-22-20-17-14-11-8-5-2/h43-44H,4-42H2,1-3H3/q+1. The molecular formula is C45H89N2+. The van der Waals surface area contributed by atoms with Gasteiger partial charge in [0.2, 0.25) is 0 Å². The van der Waals surface area contributed by atoms with Crippen molar-refractivity contribution in [3.05, 3.63) is 18.2 Å². The molecule has 0 saturated heterocycles. The molecular weight excluding hydrogens is 569 g/mol. The Balaban J connectivity index is 2.27. The molecule has 0 fully saturated rings. The Bertz CT molecular complexity index is 722. The lowest BCUT2D eigenvalue weighted by molar-refractivity contribution is -0.704. The molecule has 2 heteroatoms. The van der Waals surface area contributed by atoms with Gasteiger partial charge >= 0.3 is 0 Å². The number of unbranched alkanes of at least 4 members (excludes halogenated alkanes) is 33. The maximum absolute atomic E-state index is 2.65. The largest absolute Gasteiger partial charge is 0.256 e. The molecule has 0 aliphatic rings. The van der Waals surface area contributed by atoms with Crippen molar-refractivity contribution in [3.8, 4) is 0 Å². The molecule has 2 nitrogen and oxygen atoms in total. The fourth-order valence-electron chi connectivity index (χ4n) is 7.56. The molecule has 0 spiro atoms. The zero-order chi connectivity index (χ0) is 33.7. The van der Waals surface area contributed by atoms with Gasteiger partial charge in [-0.25, -0.2) is 9.13 Å². The van der Waals surface area contributed by atoms with E-state index in [2.05, 4.69) is 42.3 Å². The predicted molar refractivity (Wildman–Crippen MR) is 212 cm³/mol. The molecule has 47 heavy (non-hydrogen) atoms. The molecule has 0 aliphatic heterocycles.